The molecule has 2 aromatic carbocycles. The van der Waals surface area contributed by atoms with Gasteiger partial charge >= 0.3 is 5.97 Å². The Morgan fingerprint density at radius 3 is 2.70 bits per heavy atom. The van der Waals surface area contributed by atoms with Crippen LogP contribution in [0.3, 0.4) is 0 Å². The summed E-state index contributed by atoms with van der Waals surface area (Å²) in [6, 6.07) is 13.8. The number of carbonyl (C=O) groups excluding carboxylic acids is 1. The number of nitrogens with zero attached hydrogens (tertiary/aromatic N) is 1. The molecule has 0 radical (unpaired) electrons. The molecule has 1 aliphatic rings. The first kappa shape index (κ1) is 15.5. The van der Waals surface area contributed by atoms with E-state index in [0.717, 1.165) is 29.3 Å². The Bertz CT molecular complexity index is 718. The highest BCUT2D eigenvalue weighted by molar-refractivity contribution is 5.91. The summed E-state index contributed by atoms with van der Waals surface area (Å²) in [7, 11) is 0. The van der Waals surface area contributed by atoms with Crippen molar-refractivity contribution in [3.63, 3.8) is 0 Å². The topological polar surface area (TPSA) is 69.6 Å². The Labute approximate surface area is 134 Å². The zero-order valence-electron chi connectivity index (χ0n) is 12.9. The highest BCUT2D eigenvalue weighted by Gasteiger charge is 2.28. The molecule has 1 atom stereocenters. The number of hydrogen-bond donors (Lipinski definition) is 2. The fourth-order valence-corrected chi connectivity index (χ4v) is 3.18. The van der Waals surface area contributed by atoms with Gasteiger partial charge in [-0.25, -0.2) is 0 Å². The third-order valence-electron chi connectivity index (χ3n) is 4.32. The molecule has 1 unspecified atom stereocenters. The highest BCUT2D eigenvalue weighted by atomic mass is 16.4. The fraction of sp³-hybridized carbons (Fsp3) is 0.333. The predicted molar refractivity (Wildman–Crippen MR) is 88.3 cm³/mol. The summed E-state index contributed by atoms with van der Waals surface area (Å²) in [5, 5.41) is 14.4. The molecule has 1 amide bonds. The van der Waals surface area contributed by atoms with E-state index in [1.807, 2.05) is 42.5 Å². The molecule has 3 rings (SSSR count). The standard InChI is InChI=1S/C18H20N2O3/c21-17(20(12-18(22)23)15-8-9-19-11-15)10-14-6-3-5-13-4-1-2-7-16(13)14/h1-7,15,19H,8-12H2,(H,22,23). The van der Waals surface area contributed by atoms with Gasteiger partial charge in [-0.3, -0.25) is 9.59 Å². The van der Waals surface area contributed by atoms with Crippen LogP contribution in [0.2, 0.25) is 0 Å². The Morgan fingerprint density at radius 2 is 1.96 bits per heavy atom. The SMILES string of the molecule is O=C(O)CN(C(=O)Cc1cccc2ccccc12)C1CCNC1. The van der Waals surface area contributed by atoms with Crippen molar-refractivity contribution < 1.29 is 14.7 Å². The van der Waals surface area contributed by atoms with Gasteiger partial charge in [-0.2, -0.15) is 0 Å². The Balaban J connectivity index is 1.83. The maximum absolute atomic E-state index is 12.7. The number of nitrogens with one attached hydrogen (secondary N) is 1. The Hall–Kier alpha value is -2.40. The second kappa shape index (κ2) is 6.79. The van der Waals surface area contributed by atoms with Crippen molar-refractivity contribution in [3.8, 4) is 0 Å². The molecule has 5 heteroatoms. The number of fused-ring (bicyclic) bond motifs is 1. The van der Waals surface area contributed by atoms with Gasteiger partial charge in [0.15, 0.2) is 0 Å². The van der Waals surface area contributed by atoms with Crippen LogP contribution in [0.1, 0.15) is 12.0 Å². The van der Waals surface area contributed by atoms with E-state index in [9.17, 15) is 9.59 Å². The van der Waals surface area contributed by atoms with Crippen molar-refractivity contribution in [1.82, 2.24) is 10.2 Å². The maximum Gasteiger partial charge on any atom is 0.323 e. The van der Waals surface area contributed by atoms with Gasteiger partial charge in [-0.15, -0.1) is 0 Å². The first-order valence-electron chi connectivity index (χ1n) is 7.84. The minimum atomic E-state index is -0.969. The predicted octanol–water partition coefficient (Wildman–Crippen LogP) is 1.66. The number of rotatable bonds is 5. The second-order valence-corrected chi connectivity index (χ2v) is 5.88. The van der Waals surface area contributed by atoms with Crippen LogP contribution >= 0.6 is 0 Å². The second-order valence-electron chi connectivity index (χ2n) is 5.88. The molecule has 0 spiro atoms. The van der Waals surface area contributed by atoms with Gasteiger partial charge in [-0.1, -0.05) is 42.5 Å². The van der Waals surface area contributed by atoms with Crippen LogP contribution in [0.5, 0.6) is 0 Å². The molecular formula is C18H20N2O3. The maximum atomic E-state index is 12.7. The molecule has 1 heterocycles. The molecule has 23 heavy (non-hydrogen) atoms. The number of benzene rings is 2. The summed E-state index contributed by atoms with van der Waals surface area (Å²) in [6.45, 7) is 1.24. The van der Waals surface area contributed by atoms with E-state index in [1.54, 1.807) is 0 Å². The Morgan fingerprint density at radius 1 is 1.17 bits per heavy atom. The smallest absolute Gasteiger partial charge is 0.323 e. The summed E-state index contributed by atoms with van der Waals surface area (Å²) in [6.07, 6.45) is 1.03. The lowest BCUT2D eigenvalue weighted by molar-refractivity contribution is -0.145. The largest absolute Gasteiger partial charge is 0.480 e. The zero-order valence-corrected chi connectivity index (χ0v) is 12.9. The number of amides is 1. The van der Waals surface area contributed by atoms with E-state index < -0.39 is 5.97 Å². The van der Waals surface area contributed by atoms with Gasteiger partial charge in [0.05, 0.1) is 6.42 Å². The number of aliphatic carboxylic acids is 1. The first-order chi connectivity index (χ1) is 11.1. The fourth-order valence-electron chi connectivity index (χ4n) is 3.18. The van der Waals surface area contributed by atoms with E-state index >= 15 is 0 Å². The minimum absolute atomic E-state index is 0.0337. The molecule has 0 bridgehead atoms. The third kappa shape index (κ3) is 3.51. The van der Waals surface area contributed by atoms with Crippen LogP contribution in [-0.4, -0.2) is 47.6 Å². The number of carboxylic acids is 1. The summed E-state index contributed by atoms with van der Waals surface area (Å²) in [5.74, 6) is -1.10. The van der Waals surface area contributed by atoms with E-state index in [1.165, 1.54) is 4.90 Å². The minimum Gasteiger partial charge on any atom is -0.480 e. The average molecular weight is 312 g/mol. The number of hydrogen-bond acceptors (Lipinski definition) is 3. The lowest BCUT2D eigenvalue weighted by Crippen LogP contribution is -2.45. The van der Waals surface area contributed by atoms with Gasteiger partial charge < -0.3 is 15.3 Å². The van der Waals surface area contributed by atoms with Gasteiger partial charge in [0.25, 0.3) is 0 Å². The third-order valence-corrected chi connectivity index (χ3v) is 4.32. The molecule has 0 aliphatic carbocycles. The molecular weight excluding hydrogens is 292 g/mol. The summed E-state index contributed by atoms with van der Waals surface area (Å²) >= 11 is 0. The highest BCUT2D eigenvalue weighted by Crippen LogP contribution is 2.20. The van der Waals surface area contributed by atoms with Crippen molar-refractivity contribution in [2.24, 2.45) is 0 Å². The Kier molecular flexibility index (Phi) is 4.57. The summed E-state index contributed by atoms with van der Waals surface area (Å²) in [5.41, 5.74) is 0.939. The van der Waals surface area contributed by atoms with Crippen molar-refractivity contribution >= 4 is 22.6 Å². The van der Waals surface area contributed by atoms with Gasteiger partial charge in [0.2, 0.25) is 5.91 Å². The molecule has 1 saturated heterocycles. The quantitative estimate of drug-likeness (QED) is 0.881. The van der Waals surface area contributed by atoms with Crippen LogP contribution in [0.15, 0.2) is 42.5 Å². The van der Waals surface area contributed by atoms with Gasteiger partial charge in [0, 0.05) is 12.6 Å². The number of carboxylic acid groups (broad SMARTS) is 1. The monoisotopic (exact) mass is 312 g/mol. The van der Waals surface area contributed by atoms with E-state index in [2.05, 4.69) is 5.32 Å². The van der Waals surface area contributed by atoms with Crippen LogP contribution in [0.4, 0.5) is 0 Å². The number of carbonyl (C=O) groups is 2. The molecule has 2 N–H and O–H groups in total. The van der Waals surface area contributed by atoms with Gasteiger partial charge in [0.1, 0.15) is 6.54 Å². The van der Waals surface area contributed by atoms with Crippen molar-refractivity contribution in [2.45, 2.75) is 18.9 Å². The molecule has 1 aliphatic heterocycles. The summed E-state index contributed by atoms with van der Waals surface area (Å²) < 4.78 is 0. The van der Waals surface area contributed by atoms with Crippen molar-refractivity contribution in [2.75, 3.05) is 19.6 Å². The van der Waals surface area contributed by atoms with Crippen LogP contribution < -0.4 is 5.32 Å². The zero-order chi connectivity index (χ0) is 16.2. The average Bonchev–Trinajstić information content (AvgIpc) is 3.07. The lowest BCUT2D eigenvalue weighted by atomic mass is 10.0. The summed E-state index contributed by atoms with van der Waals surface area (Å²) in [4.78, 5) is 25.3. The van der Waals surface area contributed by atoms with Crippen LogP contribution in [0.25, 0.3) is 10.8 Å². The van der Waals surface area contributed by atoms with Crippen LogP contribution in [0, 0.1) is 0 Å². The normalized spacial score (nSPS) is 17.3. The lowest BCUT2D eigenvalue weighted by Gasteiger charge is -2.27. The molecule has 0 saturated carbocycles. The van der Waals surface area contributed by atoms with Crippen molar-refractivity contribution in [1.29, 1.82) is 0 Å². The molecule has 2 aromatic rings. The van der Waals surface area contributed by atoms with Crippen LogP contribution in [-0.2, 0) is 16.0 Å². The molecule has 120 valence electrons. The van der Waals surface area contributed by atoms with E-state index in [-0.39, 0.29) is 24.9 Å². The van der Waals surface area contributed by atoms with E-state index in [0.29, 0.717) is 6.54 Å². The first-order valence-corrected chi connectivity index (χ1v) is 7.84. The molecule has 0 aromatic heterocycles. The molecule has 5 nitrogen and oxygen atoms in total. The molecule has 1 fully saturated rings. The van der Waals surface area contributed by atoms with Crippen molar-refractivity contribution in [3.05, 3.63) is 48.0 Å². The van der Waals surface area contributed by atoms with Gasteiger partial charge in [-0.05, 0) is 29.3 Å². The van der Waals surface area contributed by atoms with E-state index in [4.69, 9.17) is 5.11 Å².